The second-order valence-electron chi connectivity index (χ2n) is 25.0. The number of carbonyl (C=O) groups excluding carboxylic acids is 4. The van der Waals surface area contributed by atoms with Gasteiger partial charge in [-0.25, -0.2) is 14.4 Å². The number of nitrogens with one attached hydrogen (secondary N) is 1. The summed E-state index contributed by atoms with van der Waals surface area (Å²) < 4.78 is 27.2. The number of ether oxygens (including phenoxy) is 4. The molecule has 1 N–H and O–H groups in total. The molecule has 9 heteroatoms. The maximum Gasteiger partial charge on any atom is 0.338 e. The average Bonchev–Trinajstić information content (AvgIpc) is 1.10. The Morgan fingerprint density at radius 1 is 0.360 bits per heavy atom. The Morgan fingerprint density at radius 2 is 0.663 bits per heavy atom. The summed E-state index contributed by atoms with van der Waals surface area (Å²) in [6.07, 6.45) is 30.1. The van der Waals surface area contributed by atoms with Crippen LogP contribution < -0.4 is 5.32 Å². The van der Waals surface area contributed by atoms with Gasteiger partial charge in [-0.2, -0.15) is 0 Å². The van der Waals surface area contributed by atoms with Crippen LogP contribution in [0.25, 0.3) is 0 Å². The molecule has 0 aliphatic rings. The second-order valence-corrected chi connectivity index (χ2v) is 25.0. The normalized spacial score (nSPS) is 12.9. The number of hydrogen-bond acceptors (Lipinski definition) is 8. The van der Waals surface area contributed by atoms with Crippen LogP contribution in [0.4, 0.5) is 0 Å². The van der Waals surface area contributed by atoms with Gasteiger partial charge in [0.05, 0.1) is 29.3 Å². The topological polar surface area (TPSA) is 117 Å². The summed E-state index contributed by atoms with van der Waals surface area (Å²) >= 11 is 0. The van der Waals surface area contributed by atoms with Crippen LogP contribution in [0.2, 0.25) is 0 Å². The lowest BCUT2D eigenvalue weighted by molar-refractivity contribution is -0.135. The molecule has 0 spiro atoms. The largest absolute Gasteiger partial charge is 0.455 e. The van der Waals surface area contributed by atoms with Crippen LogP contribution in [0.3, 0.4) is 0 Å². The number of carbonyl (C=O) groups is 4. The maximum atomic E-state index is 15.6. The number of amides is 1. The van der Waals surface area contributed by atoms with Gasteiger partial charge in [0.15, 0.2) is 12.2 Å². The van der Waals surface area contributed by atoms with E-state index in [-0.39, 0.29) is 18.6 Å². The molecule has 0 radical (unpaired) electrons. The molecule has 0 aromatic heterocycles. The third kappa shape index (κ3) is 26.3. The molecular weight excluding hydrogens is 1100 g/mol. The van der Waals surface area contributed by atoms with Crippen LogP contribution in [0.15, 0.2) is 182 Å². The Hall–Kier alpha value is -6.84. The van der Waals surface area contributed by atoms with Gasteiger partial charge in [-0.15, -0.1) is 0 Å². The molecule has 6 aromatic rings. The fourth-order valence-corrected chi connectivity index (χ4v) is 12.1. The highest BCUT2D eigenvalue weighted by molar-refractivity contribution is 5.93. The molecular formula is C80H107NO8. The first kappa shape index (κ1) is 71.2. The molecule has 0 heterocycles. The second kappa shape index (κ2) is 43.0. The van der Waals surface area contributed by atoms with Gasteiger partial charge >= 0.3 is 17.9 Å². The molecule has 6 rings (SSSR count). The van der Waals surface area contributed by atoms with E-state index in [1.165, 1.54) is 122 Å². The molecule has 0 saturated heterocycles. The first-order valence-electron chi connectivity index (χ1n) is 34.6. The number of hydrogen-bond donors (Lipinski definition) is 1. The number of benzene rings is 6. The minimum Gasteiger partial charge on any atom is -0.455 e. The Labute approximate surface area is 535 Å². The Bertz CT molecular complexity index is 2700. The third-order valence-electron chi connectivity index (χ3n) is 17.3. The molecule has 9 nitrogen and oxygen atoms in total. The van der Waals surface area contributed by atoms with E-state index in [9.17, 15) is 14.4 Å². The van der Waals surface area contributed by atoms with E-state index in [1.807, 2.05) is 109 Å². The van der Waals surface area contributed by atoms with Gasteiger partial charge in [0, 0.05) is 0 Å². The minimum atomic E-state index is -1.30. The van der Waals surface area contributed by atoms with Crippen molar-refractivity contribution in [3.8, 4) is 0 Å². The molecule has 0 bridgehead atoms. The molecule has 0 fully saturated rings. The summed E-state index contributed by atoms with van der Waals surface area (Å²) in [5.74, 6) is -1.71. The predicted molar refractivity (Wildman–Crippen MR) is 363 cm³/mol. The van der Waals surface area contributed by atoms with Crippen LogP contribution in [0.5, 0.6) is 0 Å². The number of rotatable bonds is 47. The number of unbranched alkanes of at least 4 members (excludes halogenated alkanes) is 25. The molecule has 0 saturated carbocycles. The van der Waals surface area contributed by atoms with E-state index in [1.54, 1.807) is 72.8 Å². The van der Waals surface area contributed by atoms with Crippen LogP contribution in [-0.2, 0) is 29.3 Å². The predicted octanol–water partition coefficient (Wildman–Crippen LogP) is 20.5. The Kier molecular flexibility index (Phi) is 34.4. The molecule has 89 heavy (non-hydrogen) atoms. The first-order chi connectivity index (χ1) is 43.7. The lowest BCUT2D eigenvalue weighted by Gasteiger charge is -2.39. The van der Waals surface area contributed by atoms with Crippen LogP contribution >= 0.6 is 0 Å². The van der Waals surface area contributed by atoms with E-state index in [0.717, 1.165) is 67.6 Å². The number of esters is 3. The van der Waals surface area contributed by atoms with E-state index in [2.05, 4.69) is 26.1 Å². The summed E-state index contributed by atoms with van der Waals surface area (Å²) in [4.78, 5) is 59.0. The van der Waals surface area contributed by atoms with E-state index < -0.39 is 53.8 Å². The van der Waals surface area contributed by atoms with Gasteiger partial charge in [0.1, 0.15) is 11.7 Å². The van der Waals surface area contributed by atoms with Crippen LogP contribution in [-0.4, -0.2) is 54.8 Å². The van der Waals surface area contributed by atoms with E-state index in [4.69, 9.17) is 18.9 Å². The monoisotopic (exact) mass is 1210 g/mol. The molecule has 4 atom stereocenters. The van der Waals surface area contributed by atoms with Crippen molar-refractivity contribution in [3.63, 3.8) is 0 Å². The molecule has 0 aliphatic carbocycles. The summed E-state index contributed by atoms with van der Waals surface area (Å²) in [6, 6.07) is 55.0. The van der Waals surface area contributed by atoms with Crippen molar-refractivity contribution >= 4 is 23.8 Å². The van der Waals surface area contributed by atoms with Gasteiger partial charge in [-0.1, -0.05) is 333 Å². The van der Waals surface area contributed by atoms with Crippen molar-refractivity contribution in [1.82, 2.24) is 5.32 Å². The van der Waals surface area contributed by atoms with Crippen molar-refractivity contribution < 1.29 is 38.1 Å². The summed E-state index contributed by atoms with van der Waals surface area (Å²) in [5.41, 5.74) is 2.16. The highest BCUT2D eigenvalue weighted by Gasteiger charge is 2.43. The lowest BCUT2D eigenvalue weighted by Crippen LogP contribution is -2.57. The maximum absolute atomic E-state index is 15.6. The van der Waals surface area contributed by atoms with Crippen LogP contribution in [0.1, 0.15) is 261 Å². The smallest absolute Gasteiger partial charge is 0.338 e. The van der Waals surface area contributed by atoms with Crippen molar-refractivity contribution in [3.05, 3.63) is 215 Å². The van der Waals surface area contributed by atoms with Gasteiger partial charge in [-0.3, -0.25) is 4.79 Å². The van der Waals surface area contributed by atoms with Crippen molar-refractivity contribution in [2.75, 3.05) is 6.61 Å². The van der Waals surface area contributed by atoms with Gasteiger partial charge in [0.25, 0.3) is 5.91 Å². The molecule has 0 aliphatic heterocycles. The third-order valence-corrected chi connectivity index (χ3v) is 17.3. The van der Waals surface area contributed by atoms with E-state index >= 15 is 4.79 Å². The van der Waals surface area contributed by atoms with Gasteiger partial charge in [0.2, 0.25) is 0 Å². The zero-order valence-electron chi connectivity index (χ0n) is 54.4. The minimum absolute atomic E-state index is 0.244. The Balaban J connectivity index is 1.30. The zero-order valence-corrected chi connectivity index (χ0v) is 54.4. The fourth-order valence-electron chi connectivity index (χ4n) is 12.1. The summed E-state index contributed by atoms with van der Waals surface area (Å²) in [7, 11) is 0. The molecule has 0 unspecified atom stereocenters. The van der Waals surface area contributed by atoms with Crippen molar-refractivity contribution in [2.45, 2.75) is 243 Å². The average molecular weight is 1210 g/mol. The SMILES string of the molecule is CCCCCCCCCCCCCCCCCCCC[C@@H](OC(=O)c1ccccc1)C(=O)N[C@@H](COC(c1ccccc1)(c1ccccc1)c1ccccc1)[C@H](OC(=O)c1ccccc1)[C@@H](CCCCCCCCCCCC(C)C)OC(=O)c1ccccc1. The Morgan fingerprint density at radius 3 is 1.02 bits per heavy atom. The molecule has 1 amide bonds. The van der Waals surface area contributed by atoms with Gasteiger partial charge < -0.3 is 24.3 Å². The highest BCUT2D eigenvalue weighted by atomic mass is 16.6. The standard InChI is InChI=1S/C80H107NO8/c1-4-5-6-7-8-9-10-11-12-13-14-15-16-17-20-24-27-48-63-74(88-78(84)67-52-37-29-38-53-67)76(82)81-72(64-86-80(69-56-41-31-42-57-69,70-58-43-32-44-59-70)71-60-45-33-46-61-71)75(89-79(85)68-54-39-30-40-55-68)73(87-77(83)66-50-35-28-36-51-66)62-47-26-23-21-18-19-22-25-34-49-65(2)3/h28-33,35-46,50-61,65,72-75H,4-27,34,47-49,62-64H2,1-3H3,(H,81,82)/t72-,73+,74+,75-/m0/s1. The van der Waals surface area contributed by atoms with Gasteiger partial charge in [-0.05, 0) is 84.7 Å². The fraction of sp³-hybridized carbons (Fsp3) is 0.500. The highest BCUT2D eigenvalue weighted by Crippen LogP contribution is 2.41. The van der Waals surface area contributed by atoms with Crippen LogP contribution in [0, 0.1) is 5.92 Å². The zero-order chi connectivity index (χ0) is 62.8. The van der Waals surface area contributed by atoms with Crippen molar-refractivity contribution in [1.29, 1.82) is 0 Å². The molecule has 6 aromatic carbocycles. The molecule has 480 valence electrons. The lowest BCUT2D eigenvalue weighted by atomic mass is 9.80. The van der Waals surface area contributed by atoms with Crippen molar-refractivity contribution in [2.24, 2.45) is 5.92 Å². The quantitative estimate of drug-likeness (QED) is 0.0174. The summed E-state index contributed by atoms with van der Waals surface area (Å²) in [6.45, 7) is 6.60. The van der Waals surface area contributed by atoms with E-state index in [0.29, 0.717) is 30.4 Å². The first-order valence-corrected chi connectivity index (χ1v) is 34.6. The summed E-state index contributed by atoms with van der Waals surface area (Å²) in [5, 5.41) is 3.30.